The van der Waals surface area contributed by atoms with Crippen LogP contribution in [-0.2, 0) is 38.4 Å². The van der Waals surface area contributed by atoms with Crippen molar-refractivity contribution in [3.63, 3.8) is 0 Å². The number of amides is 3. The van der Waals surface area contributed by atoms with Gasteiger partial charge in [-0.15, -0.1) is 0 Å². The lowest BCUT2D eigenvalue weighted by Crippen LogP contribution is -2.58. The molecule has 0 fully saturated rings. The van der Waals surface area contributed by atoms with Crippen LogP contribution in [0.5, 0.6) is 0 Å². The highest BCUT2D eigenvalue weighted by atomic mass is 16.4. The number of H-pyrrole nitrogens is 2. The summed E-state index contributed by atoms with van der Waals surface area (Å²) in [6.07, 6.45) is 5.98. The number of aromatic amines is 2. The molecule has 1 aromatic carbocycles. The van der Waals surface area contributed by atoms with Crippen molar-refractivity contribution < 1.29 is 24.3 Å². The molecule has 2 aromatic heterocycles. The maximum atomic E-state index is 13.3. The van der Waals surface area contributed by atoms with E-state index >= 15 is 0 Å². The Labute approximate surface area is 212 Å². The molecular weight excluding hydrogens is 480 g/mol. The molecule has 196 valence electrons. The van der Waals surface area contributed by atoms with Gasteiger partial charge in [-0.3, -0.25) is 14.4 Å². The van der Waals surface area contributed by atoms with E-state index in [-0.39, 0.29) is 19.3 Å². The standard InChI is InChI=1S/C24H30N8O5/c1-14(25)21(33)30-18(8-16-10-26-12-28-16)22(34)31-19(9-17-11-27-13-29-17)23(35)32-20(24(36)37)7-15-5-3-2-4-6-15/h2-6,10-14,18-20H,7-9,25H2,1H3,(H,26,28)(H,27,29)(H,30,33)(H,31,34)(H,32,35)(H,36,37). The third kappa shape index (κ3) is 8.28. The van der Waals surface area contributed by atoms with Gasteiger partial charge in [0.1, 0.15) is 18.1 Å². The number of carbonyl (C=O) groups is 4. The van der Waals surface area contributed by atoms with Crippen molar-refractivity contribution in [1.82, 2.24) is 35.9 Å². The Kier molecular flexibility index (Phi) is 9.49. The van der Waals surface area contributed by atoms with Crippen molar-refractivity contribution in [2.45, 2.75) is 50.4 Å². The third-order valence-electron chi connectivity index (χ3n) is 5.53. The van der Waals surface area contributed by atoms with Gasteiger partial charge >= 0.3 is 5.97 Å². The Morgan fingerprint density at radius 1 is 0.811 bits per heavy atom. The smallest absolute Gasteiger partial charge is 0.326 e. The predicted molar refractivity (Wildman–Crippen MR) is 132 cm³/mol. The van der Waals surface area contributed by atoms with E-state index in [1.165, 1.54) is 32.0 Å². The lowest BCUT2D eigenvalue weighted by Gasteiger charge is -2.24. The van der Waals surface area contributed by atoms with Crippen molar-refractivity contribution in [2.24, 2.45) is 5.73 Å². The SMILES string of the molecule is CC(N)C(=O)NC(Cc1cnc[nH]1)C(=O)NC(Cc1cnc[nH]1)C(=O)NC(Cc1ccccc1)C(=O)O. The molecule has 0 aliphatic rings. The number of carboxylic acid groups (broad SMARTS) is 1. The molecule has 0 radical (unpaired) electrons. The van der Waals surface area contributed by atoms with Crippen LogP contribution in [0.25, 0.3) is 0 Å². The van der Waals surface area contributed by atoms with Gasteiger partial charge in [-0.05, 0) is 12.5 Å². The number of hydrogen-bond acceptors (Lipinski definition) is 7. The maximum absolute atomic E-state index is 13.3. The summed E-state index contributed by atoms with van der Waals surface area (Å²) in [6.45, 7) is 1.48. The van der Waals surface area contributed by atoms with Crippen LogP contribution in [0.1, 0.15) is 23.9 Å². The molecule has 2 heterocycles. The van der Waals surface area contributed by atoms with Crippen LogP contribution in [0, 0.1) is 0 Å². The largest absolute Gasteiger partial charge is 0.480 e. The second-order valence-electron chi connectivity index (χ2n) is 8.56. The first-order chi connectivity index (χ1) is 17.7. The summed E-state index contributed by atoms with van der Waals surface area (Å²) in [6, 6.07) is 4.53. The van der Waals surface area contributed by atoms with Gasteiger partial charge in [0.25, 0.3) is 0 Å². The minimum atomic E-state index is -1.23. The molecule has 4 unspecified atom stereocenters. The van der Waals surface area contributed by atoms with Gasteiger partial charge < -0.3 is 36.8 Å². The summed E-state index contributed by atoms with van der Waals surface area (Å²) in [5, 5.41) is 17.4. The van der Waals surface area contributed by atoms with Gasteiger partial charge in [-0.25, -0.2) is 14.8 Å². The van der Waals surface area contributed by atoms with E-state index in [9.17, 15) is 24.3 Å². The lowest BCUT2D eigenvalue weighted by molar-refractivity contribution is -0.142. The predicted octanol–water partition coefficient (Wildman–Crippen LogP) is -0.953. The summed E-state index contributed by atoms with van der Waals surface area (Å²) in [5.74, 6) is -3.13. The minimum Gasteiger partial charge on any atom is -0.480 e. The molecule has 0 aliphatic carbocycles. The Hall–Kier alpha value is -4.52. The zero-order chi connectivity index (χ0) is 26.8. The molecule has 8 N–H and O–H groups in total. The number of carboxylic acids is 1. The van der Waals surface area contributed by atoms with E-state index in [1.807, 2.05) is 0 Å². The highest BCUT2D eigenvalue weighted by Gasteiger charge is 2.31. The van der Waals surface area contributed by atoms with Crippen LogP contribution < -0.4 is 21.7 Å². The van der Waals surface area contributed by atoms with E-state index in [4.69, 9.17) is 5.73 Å². The molecule has 3 amide bonds. The molecule has 0 aliphatic heterocycles. The number of benzene rings is 1. The van der Waals surface area contributed by atoms with Gasteiger partial charge in [0.15, 0.2) is 0 Å². The lowest BCUT2D eigenvalue weighted by atomic mass is 10.0. The van der Waals surface area contributed by atoms with Gasteiger partial charge in [-0.2, -0.15) is 0 Å². The molecule has 4 atom stereocenters. The van der Waals surface area contributed by atoms with Crippen LogP contribution in [0.4, 0.5) is 0 Å². The van der Waals surface area contributed by atoms with Crippen molar-refractivity contribution >= 4 is 23.7 Å². The zero-order valence-corrected chi connectivity index (χ0v) is 20.2. The fraction of sp³-hybridized carbons (Fsp3) is 0.333. The van der Waals surface area contributed by atoms with Crippen molar-refractivity contribution in [2.75, 3.05) is 0 Å². The number of nitrogens with one attached hydrogen (secondary N) is 5. The maximum Gasteiger partial charge on any atom is 0.326 e. The highest BCUT2D eigenvalue weighted by Crippen LogP contribution is 2.07. The highest BCUT2D eigenvalue weighted by molar-refractivity contribution is 5.94. The molecule has 0 saturated heterocycles. The number of nitrogens with zero attached hydrogens (tertiary/aromatic N) is 2. The van der Waals surface area contributed by atoms with Crippen LogP contribution in [-0.4, -0.2) is 72.9 Å². The van der Waals surface area contributed by atoms with Gasteiger partial charge in [0, 0.05) is 43.0 Å². The number of aliphatic carboxylic acids is 1. The Morgan fingerprint density at radius 2 is 1.30 bits per heavy atom. The normalized spacial score (nSPS) is 14.1. The number of imidazole rings is 2. The van der Waals surface area contributed by atoms with Crippen LogP contribution in [0.3, 0.4) is 0 Å². The average molecular weight is 511 g/mol. The molecular formula is C24H30N8O5. The number of hydrogen-bond donors (Lipinski definition) is 7. The van der Waals surface area contributed by atoms with E-state index in [0.717, 1.165) is 5.56 Å². The van der Waals surface area contributed by atoms with Gasteiger partial charge in [-0.1, -0.05) is 30.3 Å². The number of rotatable bonds is 13. The molecule has 13 heteroatoms. The summed E-state index contributed by atoms with van der Waals surface area (Å²) < 4.78 is 0. The van der Waals surface area contributed by atoms with E-state index in [2.05, 4.69) is 35.9 Å². The summed E-state index contributed by atoms with van der Waals surface area (Å²) in [7, 11) is 0. The van der Waals surface area contributed by atoms with E-state index in [0.29, 0.717) is 11.4 Å². The second kappa shape index (κ2) is 13.0. The van der Waals surface area contributed by atoms with Gasteiger partial charge in [0.05, 0.1) is 18.7 Å². The van der Waals surface area contributed by atoms with Crippen LogP contribution >= 0.6 is 0 Å². The van der Waals surface area contributed by atoms with Crippen molar-refractivity contribution in [3.05, 3.63) is 72.3 Å². The molecule has 13 nitrogen and oxygen atoms in total. The summed E-state index contributed by atoms with van der Waals surface area (Å²) in [5.41, 5.74) is 7.49. The summed E-state index contributed by atoms with van der Waals surface area (Å²) in [4.78, 5) is 64.2. The van der Waals surface area contributed by atoms with Gasteiger partial charge in [0.2, 0.25) is 17.7 Å². The Morgan fingerprint density at radius 3 is 1.73 bits per heavy atom. The van der Waals surface area contributed by atoms with E-state index in [1.54, 1.807) is 30.3 Å². The quantitative estimate of drug-likeness (QED) is 0.152. The van der Waals surface area contributed by atoms with Crippen LogP contribution in [0.2, 0.25) is 0 Å². The number of carbonyl (C=O) groups excluding carboxylic acids is 3. The van der Waals surface area contributed by atoms with Crippen molar-refractivity contribution in [3.8, 4) is 0 Å². The molecule has 0 spiro atoms. The fourth-order valence-electron chi connectivity index (χ4n) is 3.55. The zero-order valence-electron chi connectivity index (χ0n) is 20.2. The Balaban J connectivity index is 1.78. The minimum absolute atomic E-state index is 0.00721. The first-order valence-electron chi connectivity index (χ1n) is 11.6. The first-order valence-corrected chi connectivity index (χ1v) is 11.6. The topological polar surface area (TPSA) is 208 Å². The molecule has 3 aromatic rings. The fourth-order valence-corrected chi connectivity index (χ4v) is 3.55. The van der Waals surface area contributed by atoms with Crippen molar-refractivity contribution in [1.29, 1.82) is 0 Å². The first kappa shape index (κ1) is 27.1. The average Bonchev–Trinajstić information content (AvgIpc) is 3.57. The third-order valence-corrected chi connectivity index (χ3v) is 5.53. The second-order valence-corrected chi connectivity index (χ2v) is 8.56. The van der Waals surface area contributed by atoms with E-state index < -0.39 is 47.9 Å². The monoisotopic (exact) mass is 510 g/mol. The number of aromatic nitrogens is 4. The van der Waals surface area contributed by atoms with Crippen LogP contribution in [0.15, 0.2) is 55.4 Å². The molecule has 0 saturated carbocycles. The molecule has 37 heavy (non-hydrogen) atoms. The Bertz CT molecular complexity index is 1170. The molecule has 0 bridgehead atoms. The molecule has 3 rings (SSSR count). The summed E-state index contributed by atoms with van der Waals surface area (Å²) >= 11 is 0. The number of nitrogens with two attached hydrogens (primary N) is 1.